The number of hydrogen-bond donors (Lipinski definition) is 1. The van der Waals surface area contributed by atoms with E-state index in [2.05, 4.69) is 94.4 Å². The number of ether oxygens (including phenoxy) is 4. The van der Waals surface area contributed by atoms with Crippen LogP contribution >= 0.6 is 47.0 Å². The number of hydrogen-bond acceptors (Lipinski definition) is 11. The summed E-state index contributed by atoms with van der Waals surface area (Å²) in [6.07, 6.45) is 12.4. The molecule has 2 fully saturated rings. The number of nitrogens with zero attached hydrogens (tertiary/aromatic N) is 3. The minimum atomic E-state index is 0.277. The largest absolute Gasteiger partial charge is 0.493 e. The van der Waals surface area contributed by atoms with Crippen molar-refractivity contribution >= 4 is 71.2 Å². The van der Waals surface area contributed by atoms with Crippen molar-refractivity contribution in [1.82, 2.24) is 9.80 Å². The highest BCUT2D eigenvalue weighted by molar-refractivity contribution is 8.21. The molecule has 13 heteroatoms. The van der Waals surface area contributed by atoms with Gasteiger partial charge in [0.15, 0.2) is 23.0 Å². The van der Waals surface area contributed by atoms with Crippen LogP contribution in [0.2, 0.25) is 0 Å². The molecule has 324 valence electrons. The highest BCUT2D eigenvalue weighted by Crippen LogP contribution is 2.59. The second-order valence-corrected chi connectivity index (χ2v) is 22.2. The first kappa shape index (κ1) is 43.9. The zero-order valence-corrected chi connectivity index (χ0v) is 39.1. The number of carbonyl (C=O) groups excluding carboxylic acids is 1. The minimum Gasteiger partial charge on any atom is -0.493 e. The highest BCUT2D eigenvalue weighted by Gasteiger charge is 2.42. The van der Waals surface area contributed by atoms with Gasteiger partial charge in [-0.25, -0.2) is 4.99 Å². The van der Waals surface area contributed by atoms with Gasteiger partial charge in [0, 0.05) is 54.9 Å². The quantitative estimate of drug-likeness (QED) is 0.0831. The Kier molecular flexibility index (Phi) is 14.2. The summed E-state index contributed by atoms with van der Waals surface area (Å²) in [6.45, 7) is 3.23. The lowest BCUT2D eigenvalue weighted by atomic mass is 9.90. The Morgan fingerprint density at radius 1 is 0.574 bits per heavy atom. The van der Waals surface area contributed by atoms with Crippen molar-refractivity contribution in [3.63, 3.8) is 0 Å². The average Bonchev–Trinajstić information content (AvgIpc) is 3.98. The molecular formula is C48H58N4O5S4. The first-order chi connectivity index (χ1) is 29.8. The van der Waals surface area contributed by atoms with Gasteiger partial charge < -0.3 is 34.5 Å². The van der Waals surface area contributed by atoms with Crippen LogP contribution in [0.15, 0.2) is 65.7 Å². The SMILES string of the molecule is COc1cc2c(cc1OC)CN(C=Nc1ccc3c(c1)C1(CCC3)SCCS1)CC2.COc1cc2c(cc1OC)CN(C=O)CC2.Nc1ccc2c(c1)C1(CCC2)SCCS1. The fraction of sp³-hybridized carbons (Fsp3) is 0.458. The molecule has 4 aromatic carbocycles. The van der Waals surface area contributed by atoms with Gasteiger partial charge in [0.25, 0.3) is 0 Å². The molecule has 2 N–H and O–H groups in total. The van der Waals surface area contributed by atoms with Crippen LogP contribution in [0.25, 0.3) is 0 Å². The summed E-state index contributed by atoms with van der Waals surface area (Å²) in [5.74, 6) is 8.18. The number of aryl methyl sites for hydroxylation is 2. The van der Waals surface area contributed by atoms with Gasteiger partial charge in [0.1, 0.15) is 0 Å². The minimum absolute atomic E-state index is 0.277. The maximum atomic E-state index is 10.7. The Hall–Kier alpha value is -3.78. The maximum Gasteiger partial charge on any atom is 0.210 e. The van der Waals surface area contributed by atoms with E-state index in [1.807, 2.05) is 24.5 Å². The number of aliphatic imine (C=N–C) groups is 1. The zero-order valence-electron chi connectivity index (χ0n) is 35.8. The second kappa shape index (κ2) is 19.7. The summed E-state index contributed by atoms with van der Waals surface area (Å²) in [4.78, 5) is 19.6. The summed E-state index contributed by atoms with van der Waals surface area (Å²) < 4.78 is 22.0. The van der Waals surface area contributed by atoms with Crippen LogP contribution in [-0.2, 0) is 51.7 Å². The van der Waals surface area contributed by atoms with Gasteiger partial charge in [-0.1, -0.05) is 12.1 Å². The summed E-state index contributed by atoms with van der Waals surface area (Å²) in [6, 6.07) is 21.5. The number of fused-ring (bicyclic) bond motifs is 6. The lowest BCUT2D eigenvalue weighted by Crippen LogP contribution is -2.29. The number of carbonyl (C=O) groups is 1. The van der Waals surface area contributed by atoms with Gasteiger partial charge in [0.2, 0.25) is 6.41 Å². The number of nitrogen functional groups attached to an aromatic ring is 1. The number of methoxy groups -OCH3 is 4. The van der Waals surface area contributed by atoms with Crippen LogP contribution in [0.3, 0.4) is 0 Å². The maximum absolute atomic E-state index is 10.7. The second-order valence-electron chi connectivity index (χ2n) is 16.1. The first-order valence-corrected chi connectivity index (χ1v) is 25.3. The van der Waals surface area contributed by atoms with Crippen LogP contribution in [0.1, 0.15) is 70.2 Å². The van der Waals surface area contributed by atoms with E-state index >= 15 is 0 Å². The van der Waals surface area contributed by atoms with Crippen molar-refractivity contribution in [2.75, 3.05) is 70.3 Å². The number of thioether (sulfide) groups is 4. The molecule has 0 unspecified atom stereocenters. The predicted molar refractivity (Wildman–Crippen MR) is 258 cm³/mol. The van der Waals surface area contributed by atoms with Crippen LogP contribution in [0.5, 0.6) is 23.0 Å². The van der Waals surface area contributed by atoms with Crippen LogP contribution in [0.4, 0.5) is 11.4 Å². The molecule has 0 aromatic heterocycles. The molecular weight excluding hydrogens is 841 g/mol. The van der Waals surface area contributed by atoms with Gasteiger partial charge in [-0.05, 0) is 144 Å². The molecule has 10 rings (SSSR count). The van der Waals surface area contributed by atoms with Gasteiger partial charge in [0.05, 0.1) is 48.6 Å². The van der Waals surface area contributed by atoms with Crippen molar-refractivity contribution in [2.24, 2.45) is 4.99 Å². The van der Waals surface area contributed by atoms with E-state index in [9.17, 15) is 4.79 Å². The Bertz CT molecular complexity index is 2220. The van der Waals surface area contributed by atoms with Gasteiger partial charge >= 0.3 is 0 Å². The van der Waals surface area contributed by atoms with Crippen molar-refractivity contribution in [3.8, 4) is 23.0 Å². The summed E-state index contributed by atoms with van der Waals surface area (Å²) in [5.41, 5.74) is 19.0. The molecule has 9 nitrogen and oxygen atoms in total. The van der Waals surface area contributed by atoms with Crippen LogP contribution in [0, 0.1) is 0 Å². The number of amides is 1. The number of anilines is 1. The zero-order chi connectivity index (χ0) is 42.4. The van der Waals surface area contributed by atoms with E-state index in [4.69, 9.17) is 29.7 Å². The molecule has 4 aromatic rings. The van der Waals surface area contributed by atoms with E-state index in [0.29, 0.717) is 16.4 Å². The van der Waals surface area contributed by atoms with Crippen molar-refractivity contribution in [1.29, 1.82) is 0 Å². The van der Waals surface area contributed by atoms with Crippen LogP contribution in [-0.4, -0.2) is 87.1 Å². The van der Waals surface area contributed by atoms with E-state index in [0.717, 1.165) is 73.1 Å². The molecule has 2 spiro atoms. The highest BCUT2D eigenvalue weighted by atomic mass is 32.2. The monoisotopic (exact) mass is 898 g/mol. The van der Waals surface area contributed by atoms with E-state index in [1.54, 1.807) is 33.3 Å². The summed E-state index contributed by atoms with van der Waals surface area (Å²) in [5, 5.41) is 0. The van der Waals surface area contributed by atoms with Crippen LogP contribution < -0.4 is 24.7 Å². The summed E-state index contributed by atoms with van der Waals surface area (Å²) >= 11 is 8.53. The van der Waals surface area contributed by atoms with E-state index in [1.165, 1.54) is 100 Å². The Morgan fingerprint density at radius 3 is 1.54 bits per heavy atom. The molecule has 2 aliphatic carbocycles. The fourth-order valence-corrected chi connectivity index (χ4v) is 16.2. The third kappa shape index (κ3) is 9.60. The molecule has 2 saturated heterocycles. The van der Waals surface area contributed by atoms with E-state index < -0.39 is 0 Å². The molecule has 61 heavy (non-hydrogen) atoms. The molecule has 0 bridgehead atoms. The molecule has 4 aliphatic heterocycles. The van der Waals surface area contributed by atoms with Crippen molar-refractivity contribution in [2.45, 2.75) is 72.6 Å². The third-order valence-corrected chi connectivity index (χ3v) is 19.6. The fourth-order valence-electron chi connectivity index (χ4n) is 9.33. The lowest BCUT2D eigenvalue weighted by Gasteiger charge is -2.34. The van der Waals surface area contributed by atoms with E-state index in [-0.39, 0.29) is 4.08 Å². The molecule has 1 amide bonds. The number of nitrogens with two attached hydrogens (primary N) is 1. The van der Waals surface area contributed by atoms with Crippen molar-refractivity contribution in [3.05, 3.63) is 105 Å². The lowest BCUT2D eigenvalue weighted by molar-refractivity contribution is -0.118. The Balaban J connectivity index is 0.000000139. The van der Waals surface area contributed by atoms with Crippen molar-refractivity contribution < 1.29 is 23.7 Å². The van der Waals surface area contributed by atoms with Gasteiger partial charge in [-0.15, -0.1) is 47.0 Å². The smallest absolute Gasteiger partial charge is 0.210 e. The number of rotatable bonds is 7. The topological polar surface area (TPSA) is 98.9 Å². The molecule has 0 radical (unpaired) electrons. The molecule has 0 saturated carbocycles. The van der Waals surface area contributed by atoms with Gasteiger partial charge in [-0.2, -0.15) is 0 Å². The van der Waals surface area contributed by atoms with Gasteiger partial charge in [-0.3, -0.25) is 4.79 Å². The number of benzene rings is 4. The average molecular weight is 899 g/mol. The molecule has 0 atom stereocenters. The molecule has 4 heterocycles. The normalized spacial score (nSPS) is 19.1. The Morgan fingerprint density at radius 2 is 1.03 bits per heavy atom. The summed E-state index contributed by atoms with van der Waals surface area (Å²) in [7, 11) is 6.63. The molecule has 6 aliphatic rings. The third-order valence-electron chi connectivity index (χ3n) is 12.5. The Labute approximate surface area is 378 Å². The standard InChI is InChI=1S/C24H28N2O2S2.C12H15NO3.C12H15NS2/c1-27-22-12-18-7-9-26(15-19(18)13-23(22)28-2)16-25-20-6-5-17-4-3-8-24(21(17)14-20)29-10-11-30-24;1-15-11-5-9-3-4-13(8-14)7-10(9)6-12(11)16-2;13-10-4-3-9-2-1-5-12(11(9)8-10)14-6-7-15-12/h5-6,12-14,16H,3-4,7-11,15H2,1-2H3;5-6,8H,3-4,7H2,1-2H3;3-4,8H,1-2,5-7,13H2. The first-order valence-electron chi connectivity index (χ1n) is 21.3. The predicted octanol–water partition coefficient (Wildman–Crippen LogP) is 9.85.